The summed E-state index contributed by atoms with van der Waals surface area (Å²) < 4.78 is 43.7. The van der Waals surface area contributed by atoms with E-state index in [9.17, 15) is 22.8 Å². The third-order valence-electron chi connectivity index (χ3n) is 4.03. The molecule has 0 spiro atoms. The lowest BCUT2D eigenvalue weighted by molar-refractivity contribution is -0.137. The fourth-order valence-corrected chi connectivity index (χ4v) is 2.96. The monoisotopic (exact) mass is 313 g/mol. The summed E-state index contributed by atoms with van der Waals surface area (Å²) in [5.74, 6) is -1.55. The predicted molar refractivity (Wildman–Crippen MR) is 71.0 cm³/mol. The van der Waals surface area contributed by atoms with Crippen molar-refractivity contribution in [2.75, 3.05) is 11.5 Å². The lowest BCUT2D eigenvalue weighted by Gasteiger charge is -2.18. The molecule has 4 nitrogen and oxygen atoms in total. The summed E-state index contributed by atoms with van der Waals surface area (Å²) in [4.78, 5) is 25.3. The lowest BCUT2D eigenvalue weighted by Crippen LogP contribution is -2.33. The molecule has 1 aromatic carbocycles. The number of amides is 2. The number of hydrogen-bond donors (Lipinski definition) is 0. The van der Waals surface area contributed by atoms with Gasteiger partial charge in [-0.15, -0.1) is 0 Å². The van der Waals surface area contributed by atoms with Crippen molar-refractivity contribution < 1.29 is 27.5 Å². The van der Waals surface area contributed by atoms with Gasteiger partial charge in [0.1, 0.15) is 0 Å². The lowest BCUT2D eigenvalue weighted by atomic mass is 9.98. The van der Waals surface area contributed by atoms with Crippen LogP contribution in [0.2, 0.25) is 0 Å². The molecule has 2 aliphatic heterocycles. The van der Waals surface area contributed by atoms with Gasteiger partial charge in [-0.2, -0.15) is 13.2 Å². The Morgan fingerprint density at radius 1 is 1.23 bits per heavy atom. The summed E-state index contributed by atoms with van der Waals surface area (Å²) in [6, 6.07) is 4.26. The highest BCUT2D eigenvalue weighted by atomic mass is 19.4. The molecule has 3 rings (SSSR count). The fraction of sp³-hybridized carbons (Fsp3) is 0.467. The molecular weight excluding hydrogens is 299 g/mol. The molecule has 22 heavy (non-hydrogen) atoms. The first kappa shape index (κ1) is 15.0. The zero-order valence-corrected chi connectivity index (χ0v) is 11.6. The number of ether oxygens (including phenoxy) is 1. The number of rotatable bonds is 2. The van der Waals surface area contributed by atoms with Crippen LogP contribution >= 0.6 is 0 Å². The molecule has 0 aromatic heterocycles. The minimum Gasteiger partial charge on any atom is -0.377 e. The van der Waals surface area contributed by atoms with Crippen molar-refractivity contribution in [2.45, 2.75) is 31.5 Å². The minimum atomic E-state index is -4.52. The molecule has 2 amide bonds. The van der Waals surface area contributed by atoms with E-state index in [4.69, 9.17) is 4.74 Å². The van der Waals surface area contributed by atoms with Crippen molar-refractivity contribution in [3.8, 4) is 0 Å². The Kier molecular flexibility index (Phi) is 3.68. The normalized spacial score (nSPS) is 26.0. The standard InChI is InChI=1S/C15H14F3NO3/c16-15(17,18)9-3-1-4-10(7-9)19-13(20)8-11(14(19)21)12-5-2-6-22-12/h1,3-4,7,11-12H,2,5-6,8H2/t11-,12-/m0/s1. The van der Waals surface area contributed by atoms with E-state index in [1.807, 2.05) is 0 Å². The van der Waals surface area contributed by atoms with Gasteiger partial charge in [0.15, 0.2) is 0 Å². The molecule has 0 bridgehead atoms. The van der Waals surface area contributed by atoms with Crippen molar-refractivity contribution >= 4 is 17.5 Å². The third kappa shape index (κ3) is 2.61. The van der Waals surface area contributed by atoms with Crippen LogP contribution in [-0.4, -0.2) is 24.5 Å². The van der Waals surface area contributed by atoms with Crippen molar-refractivity contribution in [3.05, 3.63) is 29.8 Å². The zero-order valence-electron chi connectivity index (χ0n) is 11.6. The highest BCUT2D eigenvalue weighted by Crippen LogP contribution is 2.36. The van der Waals surface area contributed by atoms with Crippen LogP contribution in [0.3, 0.4) is 0 Å². The largest absolute Gasteiger partial charge is 0.416 e. The van der Waals surface area contributed by atoms with Gasteiger partial charge in [-0.3, -0.25) is 14.5 Å². The number of alkyl halides is 3. The molecule has 2 aliphatic rings. The Morgan fingerprint density at radius 2 is 2.00 bits per heavy atom. The number of anilines is 1. The van der Waals surface area contributed by atoms with Crippen molar-refractivity contribution in [2.24, 2.45) is 5.92 Å². The van der Waals surface area contributed by atoms with Gasteiger partial charge >= 0.3 is 6.18 Å². The van der Waals surface area contributed by atoms with E-state index in [0.717, 1.165) is 23.5 Å². The van der Waals surface area contributed by atoms with Crippen LogP contribution in [0.1, 0.15) is 24.8 Å². The Labute approximate surface area is 124 Å². The maximum Gasteiger partial charge on any atom is 0.416 e. The Bertz CT molecular complexity index is 608. The first-order valence-electron chi connectivity index (χ1n) is 7.03. The Morgan fingerprint density at radius 3 is 2.64 bits per heavy atom. The molecule has 0 N–H and O–H groups in total. The summed E-state index contributed by atoms with van der Waals surface area (Å²) in [7, 11) is 0. The smallest absolute Gasteiger partial charge is 0.377 e. The molecule has 2 saturated heterocycles. The van der Waals surface area contributed by atoms with Gasteiger partial charge in [0.25, 0.3) is 0 Å². The van der Waals surface area contributed by atoms with Gasteiger partial charge in [-0.05, 0) is 31.0 Å². The first-order chi connectivity index (χ1) is 10.4. The van der Waals surface area contributed by atoms with Crippen LogP contribution in [0.25, 0.3) is 0 Å². The topological polar surface area (TPSA) is 46.6 Å². The molecular formula is C15H14F3NO3. The summed E-state index contributed by atoms with van der Waals surface area (Å²) in [6.45, 7) is 0.548. The number of carbonyl (C=O) groups is 2. The molecule has 2 heterocycles. The van der Waals surface area contributed by atoms with E-state index < -0.39 is 29.5 Å². The van der Waals surface area contributed by atoms with E-state index in [1.165, 1.54) is 12.1 Å². The van der Waals surface area contributed by atoms with E-state index in [0.29, 0.717) is 13.0 Å². The fourth-order valence-electron chi connectivity index (χ4n) is 2.96. The molecule has 0 aliphatic carbocycles. The quantitative estimate of drug-likeness (QED) is 0.789. The molecule has 118 valence electrons. The van der Waals surface area contributed by atoms with E-state index in [-0.39, 0.29) is 18.2 Å². The maximum atomic E-state index is 12.8. The van der Waals surface area contributed by atoms with Crippen LogP contribution in [0.5, 0.6) is 0 Å². The second-order valence-electron chi connectivity index (χ2n) is 5.48. The number of carbonyl (C=O) groups excluding carboxylic acids is 2. The molecule has 0 saturated carbocycles. The number of benzene rings is 1. The van der Waals surface area contributed by atoms with Gasteiger partial charge in [0.2, 0.25) is 11.8 Å². The number of imide groups is 1. The zero-order chi connectivity index (χ0) is 15.9. The average molecular weight is 313 g/mol. The van der Waals surface area contributed by atoms with Crippen LogP contribution in [0.4, 0.5) is 18.9 Å². The summed E-state index contributed by atoms with van der Waals surface area (Å²) in [6.07, 6.45) is -3.32. The Hall–Kier alpha value is -1.89. The van der Waals surface area contributed by atoms with Crippen molar-refractivity contribution in [3.63, 3.8) is 0 Å². The van der Waals surface area contributed by atoms with Gasteiger partial charge in [-0.1, -0.05) is 6.07 Å². The van der Waals surface area contributed by atoms with Crippen molar-refractivity contribution in [1.82, 2.24) is 0 Å². The van der Waals surface area contributed by atoms with Crippen LogP contribution < -0.4 is 4.90 Å². The average Bonchev–Trinajstić information content (AvgIpc) is 3.06. The maximum absolute atomic E-state index is 12.8. The van der Waals surface area contributed by atoms with Gasteiger partial charge < -0.3 is 4.74 Å². The van der Waals surface area contributed by atoms with E-state index >= 15 is 0 Å². The number of hydrogen-bond acceptors (Lipinski definition) is 3. The van der Waals surface area contributed by atoms with Gasteiger partial charge in [0.05, 0.1) is 23.3 Å². The van der Waals surface area contributed by atoms with Crippen LogP contribution in [-0.2, 0) is 20.5 Å². The molecule has 2 atom stereocenters. The summed E-state index contributed by atoms with van der Waals surface area (Å²) >= 11 is 0. The second kappa shape index (κ2) is 5.39. The van der Waals surface area contributed by atoms with E-state index in [2.05, 4.69) is 0 Å². The molecule has 7 heteroatoms. The predicted octanol–water partition coefficient (Wildman–Crippen LogP) is 2.76. The molecule has 0 radical (unpaired) electrons. The molecule has 0 unspecified atom stereocenters. The number of nitrogens with zero attached hydrogens (tertiary/aromatic N) is 1. The van der Waals surface area contributed by atoms with Gasteiger partial charge in [0, 0.05) is 13.0 Å². The van der Waals surface area contributed by atoms with Crippen LogP contribution in [0, 0.1) is 5.92 Å². The van der Waals surface area contributed by atoms with Crippen LogP contribution in [0.15, 0.2) is 24.3 Å². The summed E-state index contributed by atoms with van der Waals surface area (Å²) in [5.41, 5.74) is -0.920. The highest BCUT2D eigenvalue weighted by Gasteiger charge is 2.45. The third-order valence-corrected chi connectivity index (χ3v) is 4.03. The number of halogens is 3. The second-order valence-corrected chi connectivity index (χ2v) is 5.48. The van der Waals surface area contributed by atoms with Crippen molar-refractivity contribution in [1.29, 1.82) is 0 Å². The Balaban J connectivity index is 1.88. The molecule has 1 aromatic rings. The molecule has 2 fully saturated rings. The minimum absolute atomic E-state index is 0.0141. The first-order valence-corrected chi connectivity index (χ1v) is 7.03. The highest BCUT2D eigenvalue weighted by molar-refractivity contribution is 6.21. The van der Waals surface area contributed by atoms with E-state index in [1.54, 1.807) is 0 Å². The SMILES string of the molecule is O=C1C[C@@H]([C@@H]2CCCO2)C(=O)N1c1cccc(C(F)(F)F)c1. The van der Waals surface area contributed by atoms with Gasteiger partial charge in [-0.25, -0.2) is 0 Å². The summed E-state index contributed by atoms with van der Waals surface area (Å²) in [5, 5.41) is 0.